The highest BCUT2D eigenvalue weighted by Gasteiger charge is 2.21. The maximum atomic E-state index is 11.6. The zero-order chi connectivity index (χ0) is 27.2. The summed E-state index contributed by atoms with van der Waals surface area (Å²) in [7, 11) is 1.88. The molecule has 1 amide bonds. The Morgan fingerprint density at radius 3 is 2.67 bits per heavy atom. The lowest BCUT2D eigenvalue weighted by atomic mass is 10.2. The first-order valence-electron chi connectivity index (χ1n) is 12.8. The third kappa shape index (κ3) is 6.21. The average Bonchev–Trinajstić information content (AvgIpc) is 3.39. The predicted octanol–water partition coefficient (Wildman–Crippen LogP) is 3.31. The van der Waals surface area contributed by atoms with Gasteiger partial charge in [-0.2, -0.15) is 0 Å². The van der Waals surface area contributed by atoms with E-state index in [1.165, 1.54) is 12.4 Å². The number of thiophene rings is 1. The Balaban J connectivity index is 1.42. The Bertz CT molecular complexity index is 1410. The van der Waals surface area contributed by atoms with Crippen LogP contribution in [0.1, 0.15) is 35.0 Å². The number of anilines is 2. The molecule has 0 atom stereocenters. The van der Waals surface area contributed by atoms with Gasteiger partial charge < -0.3 is 19.3 Å². The second-order valence-corrected chi connectivity index (χ2v) is 10.2. The van der Waals surface area contributed by atoms with E-state index < -0.39 is 5.91 Å². The summed E-state index contributed by atoms with van der Waals surface area (Å²) >= 11 is 1.63. The van der Waals surface area contributed by atoms with Crippen LogP contribution in [0.3, 0.4) is 0 Å². The zero-order valence-electron chi connectivity index (χ0n) is 21.8. The normalized spacial score (nSPS) is 13.5. The topological polar surface area (TPSA) is 139 Å². The van der Waals surface area contributed by atoms with Crippen molar-refractivity contribution in [3.05, 3.63) is 47.2 Å². The molecular formula is C26H30N8O4S. The second kappa shape index (κ2) is 12.3. The van der Waals surface area contributed by atoms with Crippen molar-refractivity contribution >= 4 is 39.2 Å². The molecule has 4 aromatic rings. The molecule has 204 valence electrons. The van der Waals surface area contributed by atoms with E-state index in [-0.39, 0.29) is 5.56 Å². The van der Waals surface area contributed by atoms with Gasteiger partial charge in [0.05, 0.1) is 42.1 Å². The molecule has 2 N–H and O–H groups in total. The quantitative estimate of drug-likeness (QED) is 0.171. The number of amides is 1. The minimum Gasteiger partial charge on any atom is -0.478 e. The zero-order valence-corrected chi connectivity index (χ0v) is 22.6. The van der Waals surface area contributed by atoms with Crippen LogP contribution < -0.4 is 20.0 Å². The molecule has 0 saturated carbocycles. The first kappa shape index (κ1) is 26.7. The number of nitrogens with one attached hydrogen (secondary N) is 1. The number of fused-ring (bicyclic) bond motifs is 1. The van der Waals surface area contributed by atoms with Gasteiger partial charge in [-0.1, -0.05) is 13.3 Å². The van der Waals surface area contributed by atoms with Gasteiger partial charge in [-0.3, -0.25) is 10.0 Å². The van der Waals surface area contributed by atoms with Gasteiger partial charge in [-0.05, 0) is 18.6 Å². The summed E-state index contributed by atoms with van der Waals surface area (Å²) in [4.78, 5) is 39.6. The lowest BCUT2D eigenvalue weighted by Gasteiger charge is -2.28. The van der Waals surface area contributed by atoms with Crippen molar-refractivity contribution in [1.29, 1.82) is 0 Å². The van der Waals surface area contributed by atoms with Gasteiger partial charge in [0.2, 0.25) is 11.8 Å². The number of carbonyl (C=O) groups excluding carboxylic acids is 1. The van der Waals surface area contributed by atoms with E-state index in [0.29, 0.717) is 44.0 Å². The van der Waals surface area contributed by atoms with Gasteiger partial charge >= 0.3 is 0 Å². The molecule has 39 heavy (non-hydrogen) atoms. The number of carbonyl (C=O) groups is 1. The fourth-order valence-corrected chi connectivity index (χ4v) is 5.25. The average molecular weight is 551 g/mol. The number of nitrogens with zero attached hydrogens (tertiary/aromatic N) is 7. The number of unbranched alkanes of at least 4 members (excludes halogenated alkanes) is 1. The first-order chi connectivity index (χ1) is 19.1. The van der Waals surface area contributed by atoms with Gasteiger partial charge in [0, 0.05) is 55.2 Å². The summed E-state index contributed by atoms with van der Waals surface area (Å²) in [6, 6.07) is 5.86. The van der Waals surface area contributed by atoms with E-state index in [4.69, 9.17) is 24.6 Å². The molecule has 5 rings (SSSR count). The maximum Gasteiger partial charge on any atom is 0.277 e. The summed E-state index contributed by atoms with van der Waals surface area (Å²) in [6.45, 7) is 6.11. The molecule has 1 aliphatic rings. The molecule has 0 unspecified atom stereocenters. The van der Waals surface area contributed by atoms with E-state index in [1.807, 2.05) is 24.1 Å². The molecule has 0 aliphatic carbocycles. The van der Waals surface area contributed by atoms with Crippen LogP contribution in [-0.4, -0.2) is 76.0 Å². The summed E-state index contributed by atoms with van der Waals surface area (Å²) in [6.07, 6.45) is 6.55. The monoisotopic (exact) mass is 550 g/mol. The van der Waals surface area contributed by atoms with Crippen molar-refractivity contribution in [1.82, 2.24) is 30.4 Å². The SMILES string of the molecule is CCCCOc1ccc(-c2nc(N3CCOCC3)c3sc(CN(C)c4ncc(C(=O)NO)cn4)cc3n2)cn1. The molecule has 0 radical (unpaired) electrons. The predicted molar refractivity (Wildman–Crippen MR) is 147 cm³/mol. The Hall–Kier alpha value is -3.94. The highest BCUT2D eigenvalue weighted by atomic mass is 32.1. The van der Waals surface area contributed by atoms with Gasteiger partial charge in [0.25, 0.3) is 5.91 Å². The van der Waals surface area contributed by atoms with Gasteiger partial charge in [-0.15, -0.1) is 11.3 Å². The van der Waals surface area contributed by atoms with Crippen LogP contribution in [0.2, 0.25) is 0 Å². The van der Waals surface area contributed by atoms with Crippen molar-refractivity contribution in [3.63, 3.8) is 0 Å². The molecule has 1 aliphatic heterocycles. The number of rotatable bonds is 10. The summed E-state index contributed by atoms with van der Waals surface area (Å²) < 4.78 is 12.3. The molecule has 13 heteroatoms. The number of hydrogen-bond acceptors (Lipinski definition) is 12. The minimum atomic E-state index is -0.660. The van der Waals surface area contributed by atoms with Crippen molar-refractivity contribution in [3.8, 4) is 17.3 Å². The number of aromatic nitrogens is 5. The Labute approximate surface area is 229 Å². The molecule has 1 saturated heterocycles. The van der Waals surface area contributed by atoms with Gasteiger partial charge in [0.15, 0.2) is 11.6 Å². The Kier molecular flexibility index (Phi) is 8.39. The van der Waals surface area contributed by atoms with Crippen molar-refractivity contribution in [2.45, 2.75) is 26.3 Å². The highest BCUT2D eigenvalue weighted by molar-refractivity contribution is 7.19. The number of morpholine rings is 1. The number of hydrogen-bond donors (Lipinski definition) is 2. The summed E-state index contributed by atoms with van der Waals surface area (Å²) in [5.41, 5.74) is 3.43. The molecule has 0 bridgehead atoms. The Morgan fingerprint density at radius 1 is 1.18 bits per heavy atom. The van der Waals surface area contributed by atoms with Crippen LogP contribution in [-0.2, 0) is 11.3 Å². The van der Waals surface area contributed by atoms with Crippen LogP contribution in [0, 0.1) is 0 Å². The van der Waals surface area contributed by atoms with Crippen molar-refractivity contribution < 1.29 is 19.5 Å². The first-order valence-corrected chi connectivity index (χ1v) is 13.6. The molecule has 4 aromatic heterocycles. The number of pyridine rings is 1. The van der Waals surface area contributed by atoms with Gasteiger partial charge in [-0.25, -0.2) is 30.4 Å². The van der Waals surface area contributed by atoms with E-state index in [0.717, 1.165) is 52.4 Å². The Morgan fingerprint density at radius 2 is 1.97 bits per heavy atom. The lowest BCUT2D eigenvalue weighted by Crippen LogP contribution is -2.36. The molecular weight excluding hydrogens is 520 g/mol. The van der Waals surface area contributed by atoms with Gasteiger partial charge in [0.1, 0.15) is 0 Å². The van der Waals surface area contributed by atoms with E-state index in [9.17, 15) is 4.79 Å². The minimum absolute atomic E-state index is 0.171. The van der Waals surface area contributed by atoms with Crippen LogP contribution in [0.4, 0.5) is 11.8 Å². The van der Waals surface area contributed by atoms with E-state index in [1.54, 1.807) is 23.0 Å². The number of hydroxylamine groups is 1. The third-order valence-corrected chi connectivity index (χ3v) is 7.30. The van der Waals surface area contributed by atoms with Crippen LogP contribution >= 0.6 is 11.3 Å². The smallest absolute Gasteiger partial charge is 0.277 e. The molecule has 5 heterocycles. The second-order valence-electron chi connectivity index (χ2n) is 9.05. The fourth-order valence-electron chi connectivity index (χ4n) is 4.08. The maximum absolute atomic E-state index is 11.6. The van der Waals surface area contributed by atoms with Crippen LogP contribution in [0.5, 0.6) is 5.88 Å². The molecule has 0 spiro atoms. The molecule has 12 nitrogen and oxygen atoms in total. The van der Waals surface area contributed by atoms with Crippen LogP contribution in [0.15, 0.2) is 36.8 Å². The van der Waals surface area contributed by atoms with Crippen molar-refractivity contribution in [2.24, 2.45) is 0 Å². The number of ether oxygens (including phenoxy) is 2. The van der Waals surface area contributed by atoms with Crippen LogP contribution in [0.25, 0.3) is 21.6 Å². The standard InChI is InChI=1S/C26H30N8O4S/c1-3-4-9-38-21-6-5-17(13-27-21)23-30-20-12-19(39-22(20)24(31-23)34-7-10-37-11-8-34)16-33(2)26-28-14-18(15-29-26)25(35)32-36/h5-6,12-15,36H,3-4,7-11,16H2,1-2H3,(H,32,35). The van der Waals surface area contributed by atoms with Crippen molar-refractivity contribution in [2.75, 3.05) is 49.8 Å². The van der Waals surface area contributed by atoms with E-state index in [2.05, 4.69) is 32.8 Å². The van der Waals surface area contributed by atoms with E-state index >= 15 is 0 Å². The fraction of sp³-hybridized carbons (Fsp3) is 0.385. The largest absolute Gasteiger partial charge is 0.478 e. The summed E-state index contributed by atoms with van der Waals surface area (Å²) in [5.74, 6) is 1.88. The molecule has 0 aromatic carbocycles. The lowest BCUT2D eigenvalue weighted by molar-refractivity contribution is 0.0705. The third-order valence-electron chi connectivity index (χ3n) is 6.19. The highest BCUT2D eigenvalue weighted by Crippen LogP contribution is 2.35. The summed E-state index contributed by atoms with van der Waals surface area (Å²) in [5, 5.41) is 8.80. The molecule has 1 fully saturated rings.